The Hall–Kier alpha value is -0.178. The molecule has 0 spiro atoms. The largest absolute Gasteiger partial charge is 0.643 e. The van der Waals surface area contributed by atoms with Crippen LogP contribution in [0.2, 0.25) is 0 Å². The van der Waals surface area contributed by atoms with Crippen LogP contribution in [0.1, 0.15) is 34.1 Å². The second-order valence-corrected chi connectivity index (χ2v) is 9.58. The average Bonchev–Trinajstić information content (AvgIpc) is 2.43. The Morgan fingerprint density at radius 2 is 1.10 bits per heavy atom. The number of ether oxygens (including phenoxy) is 2. The minimum Gasteiger partial charge on any atom is -0.466 e. The number of carbonyl (C=O) groups is 2. The van der Waals surface area contributed by atoms with Gasteiger partial charge in [0.1, 0.15) is 0 Å². The predicted molar refractivity (Wildman–Crippen MR) is 92.9 cm³/mol. The Morgan fingerprint density at radius 1 is 0.905 bits per heavy atom. The minimum absolute atomic E-state index is 0. The molecule has 0 aliphatic carbocycles. The maximum Gasteiger partial charge on any atom is 0.643 e. The van der Waals surface area contributed by atoms with Crippen molar-refractivity contribution >= 4 is 53.5 Å². The summed E-state index contributed by atoms with van der Waals surface area (Å²) in [6.07, 6.45) is 1.32. The molecule has 4 nitrogen and oxygen atoms in total. The molecule has 0 saturated carbocycles. The van der Waals surface area contributed by atoms with Gasteiger partial charge in [0.15, 0.2) is 0 Å². The van der Waals surface area contributed by atoms with Gasteiger partial charge in [0.2, 0.25) is 0 Å². The van der Waals surface area contributed by atoms with E-state index in [1.54, 1.807) is 0 Å². The first kappa shape index (κ1) is 28.9. The highest BCUT2D eigenvalue weighted by atomic mass is 35.8. The zero-order valence-corrected chi connectivity index (χ0v) is 15.6. The molecule has 0 heterocycles. The van der Waals surface area contributed by atoms with Gasteiger partial charge in [-0.15, -0.1) is 0 Å². The number of rotatable bonds is 4. The van der Waals surface area contributed by atoms with Crippen molar-refractivity contribution in [1.82, 2.24) is 0 Å². The highest BCUT2D eigenvalue weighted by Crippen LogP contribution is 1.98. The molecule has 0 N–H and O–H groups in total. The molecule has 0 aromatic rings. The Labute approximate surface area is 145 Å². The van der Waals surface area contributed by atoms with Crippen LogP contribution in [0, 0.1) is 0 Å². The molecule has 0 bridgehead atoms. The molecule has 0 unspecified atom stereocenters. The summed E-state index contributed by atoms with van der Waals surface area (Å²) in [6.45, 7) is 10.7. The lowest BCUT2D eigenvalue weighted by molar-refractivity contribution is -0.137. The van der Waals surface area contributed by atoms with E-state index in [1.165, 1.54) is 14.2 Å². The molecule has 0 fully saturated rings. The zero-order valence-electron chi connectivity index (χ0n) is 12.2. The van der Waals surface area contributed by atoms with Gasteiger partial charge in [0.25, 0.3) is 0 Å². The van der Waals surface area contributed by atoms with Gasteiger partial charge >= 0.3 is 23.3 Å². The summed E-state index contributed by atoms with van der Waals surface area (Å²) < 4.78 is 8.73. The molecule has 0 aliphatic heterocycles. The van der Waals surface area contributed by atoms with Gasteiger partial charge in [-0.2, -0.15) is 0 Å². The van der Waals surface area contributed by atoms with Gasteiger partial charge in [-0.1, -0.05) is 34.4 Å². The third-order valence-corrected chi connectivity index (χ3v) is 1.80. The summed E-state index contributed by atoms with van der Waals surface area (Å²) in [4.78, 5) is 20.8. The SMILES string of the molecule is C.C=C(CC)C(=O)OC.C=C(CC)C(=O)OC.[Cl][Al]([Cl])[Cl]. The lowest BCUT2D eigenvalue weighted by Gasteiger charge is -1.95. The first-order valence-electron chi connectivity index (χ1n) is 5.62. The first-order valence-corrected chi connectivity index (χ1v) is 10.9. The van der Waals surface area contributed by atoms with Crippen molar-refractivity contribution in [2.75, 3.05) is 14.2 Å². The van der Waals surface area contributed by atoms with Crippen molar-refractivity contribution in [2.45, 2.75) is 34.1 Å². The molecule has 0 rings (SSSR count). The highest BCUT2D eigenvalue weighted by Gasteiger charge is 2.01. The standard InChI is InChI=1S/2C6H10O2.CH4.Al.3ClH/c2*1-4-5(2)6(7)8-3;;;;;/h2*2,4H2,1,3H3;1H4;;3*1H/q;;;+3;;;/p-3. The van der Waals surface area contributed by atoms with E-state index in [9.17, 15) is 9.59 Å². The van der Waals surface area contributed by atoms with Gasteiger partial charge in [0.05, 0.1) is 14.2 Å². The van der Waals surface area contributed by atoms with E-state index in [0.717, 1.165) is 0 Å². The van der Waals surface area contributed by atoms with Crippen LogP contribution in [-0.4, -0.2) is 37.5 Å². The van der Waals surface area contributed by atoms with Crippen molar-refractivity contribution < 1.29 is 19.1 Å². The van der Waals surface area contributed by atoms with Crippen molar-refractivity contribution in [3.05, 3.63) is 24.3 Å². The summed E-state index contributed by atoms with van der Waals surface area (Å²) in [7, 11) is 17.5. The molecule has 0 saturated heterocycles. The number of hydrogen-bond donors (Lipinski definition) is 0. The Morgan fingerprint density at radius 3 is 1.14 bits per heavy atom. The van der Waals surface area contributed by atoms with E-state index in [1.807, 2.05) is 13.8 Å². The van der Waals surface area contributed by atoms with Crippen LogP contribution >= 0.6 is 30.1 Å². The van der Waals surface area contributed by atoms with Crippen LogP contribution < -0.4 is 0 Å². The van der Waals surface area contributed by atoms with Crippen LogP contribution in [0.5, 0.6) is 0 Å². The number of hydrogen-bond acceptors (Lipinski definition) is 4. The number of carbonyl (C=O) groups excluding carboxylic acids is 2. The molecule has 0 amide bonds. The summed E-state index contributed by atoms with van der Waals surface area (Å²) in [5.41, 5.74) is 1.04. The second kappa shape index (κ2) is 19.8. The highest BCUT2D eigenvalue weighted by molar-refractivity contribution is 7.54. The van der Waals surface area contributed by atoms with Crippen LogP contribution in [0.15, 0.2) is 24.3 Å². The third-order valence-electron chi connectivity index (χ3n) is 1.80. The number of methoxy groups -OCH3 is 2. The van der Waals surface area contributed by atoms with Crippen LogP contribution in [0.3, 0.4) is 0 Å². The van der Waals surface area contributed by atoms with Gasteiger partial charge in [0, 0.05) is 11.1 Å². The van der Waals surface area contributed by atoms with E-state index in [4.69, 9.17) is 30.1 Å². The number of esters is 2. The quantitative estimate of drug-likeness (QED) is 0.409. The molecule has 0 atom stereocenters. The normalized spacial score (nSPS) is 7.57. The average molecular weight is 378 g/mol. The lowest BCUT2D eigenvalue weighted by atomic mass is 10.2. The van der Waals surface area contributed by atoms with E-state index in [-0.39, 0.29) is 19.4 Å². The Kier molecular flexibility index (Phi) is 27.3. The fraction of sp³-hybridized carbons (Fsp3) is 0.538. The van der Waals surface area contributed by atoms with E-state index in [0.29, 0.717) is 24.0 Å². The summed E-state index contributed by atoms with van der Waals surface area (Å²) in [6, 6.07) is 0. The molecule has 124 valence electrons. The summed E-state index contributed by atoms with van der Waals surface area (Å²) in [5.74, 6) is -0.625. The fourth-order valence-electron chi connectivity index (χ4n) is 0.577. The van der Waals surface area contributed by atoms with Gasteiger partial charge in [-0.05, 0) is 12.8 Å². The summed E-state index contributed by atoms with van der Waals surface area (Å²) in [5, 5.41) is 0. The van der Waals surface area contributed by atoms with E-state index >= 15 is 0 Å². The maximum atomic E-state index is 10.4. The van der Waals surface area contributed by atoms with Crippen LogP contribution in [0.25, 0.3) is 0 Å². The Bertz CT molecular complexity index is 262. The minimum atomic E-state index is -1.72. The molecule has 0 aliphatic rings. The molecule has 0 radical (unpaired) electrons. The zero-order chi connectivity index (χ0) is 16.7. The summed E-state index contributed by atoms with van der Waals surface area (Å²) >= 11 is -1.72. The van der Waals surface area contributed by atoms with Gasteiger partial charge in [-0.25, -0.2) is 39.7 Å². The second-order valence-electron chi connectivity index (χ2n) is 3.14. The molecule has 21 heavy (non-hydrogen) atoms. The van der Waals surface area contributed by atoms with Crippen LogP contribution in [0.4, 0.5) is 0 Å². The molecular weight excluding hydrogens is 353 g/mol. The van der Waals surface area contributed by atoms with Gasteiger partial charge < -0.3 is 9.47 Å². The van der Waals surface area contributed by atoms with E-state index in [2.05, 4.69) is 22.6 Å². The van der Waals surface area contributed by atoms with Crippen molar-refractivity contribution in [3.8, 4) is 0 Å². The fourth-order valence-corrected chi connectivity index (χ4v) is 0.577. The van der Waals surface area contributed by atoms with Crippen LogP contribution in [-0.2, 0) is 19.1 Å². The molecule has 0 aromatic heterocycles. The van der Waals surface area contributed by atoms with Crippen molar-refractivity contribution in [1.29, 1.82) is 0 Å². The third kappa shape index (κ3) is 25.2. The predicted octanol–water partition coefficient (Wildman–Crippen LogP) is 4.58. The molecular formula is C13H24AlCl3O4. The smallest absolute Gasteiger partial charge is 0.466 e. The number of halogens is 3. The van der Waals surface area contributed by atoms with Gasteiger partial charge in [-0.3, -0.25) is 0 Å². The molecule has 8 heteroatoms. The monoisotopic (exact) mass is 376 g/mol. The maximum absolute atomic E-state index is 10.4. The lowest BCUT2D eigenvalue weighted by Crippen LogP contribution is -2.01. The first-order chi connectivity index (χ1) is 9.17. The van der Waals surface area contributed by atoms with E-state index < -0.39 is 11.4 Å². The topological polar surface area (TPSA) is 52.6 Å². The Balaban J connectivity index is -0.000000107. The molecule has 0 aromatic carbocycles. The van der Waals surface area contributed by atoms with Crippen molar-refractivity contribution in [2.24, 2.45) is 0 Å². The van der Waals surface area contributed by atoms with Crippen molar-refractivity contribution in [3.63, 3.8) is 0 Å².